The normalized spacial score (nSPS) is 13.9. The zero-order valence-electron chi connectivity index (χ0n) is 11.5. The van der Waals surface area contributed by atoms with Gasteiger partial charge in [0.15, 0.2) is 23.3 Å². The van der Waals surface area contributed by atoms with Gasteiger partial charge in [-0.15, -0.1) is 0 Å². The topological polar surface area (TPSA) is 37.8 Å². The van der Waals surface area contributed by atoms with Gasteiger partial charge in [0.25, 0.3) is 0 Å². The lowest BCUT2D eigenvalue weighted by molar-refractivity contribution is 0.447. The first-order valence-corrected chi connectivity index (χ1v) is 6.82. The first kappa shape index (κ1) is 13.9. The van der Waals surface area contributed by atoms with Crippen LogP contribution in [-0.4, -0.2) is 17.0 Å². The summed E-state index contributed by atoms with van der Waals surface area (Å²) < 4.78 is 39.8. The average molecular weight is 293 g/mol. The van der Waals surface area contributed by atoms with Crippen LogP contribution in [0.25, 0.3) is 11.4 Å². The van der Waals surface area contributed by atoms with E-state index in [1.807, 2.05) is 0 Å². The Morgan fingerprint density at radius 2 is 1.67 bits per heavy atom. The summed E-state index contributed by atoms with van der Waals surface area (Å²) in [6.45, 7) is 0. The maximum absolute atomic E-state index is 13.4. The maximum atomic E-state index is 13.4. The van der Waals surface area contributed by atoms with Gasteiger partial charge in [-0.3, -0.25) is 0 Å². The van der Waals surface area contributed by atoms with E-state index in [1.165, 1.54) is 0 Å². The molecule has 3 nitrogen and oxygen atoms in total. The van der Waals surface area contributed by atoms with Crippen molar-refractivity contribution < 1.29 is 13.2 Å². The third kappa shape index (κ3) is 2.46. The Morgan fingerprint density at radius 1 is 1.00 bits per heavy atom. The van der Waals surface area contributed by atoms with Crippen LogP contribution in [0, 0.1) is 17.5 Å². The molecule has 0 saturated carbocycles. The van der Waals surface area contributed by atoms with Crippen LogP contribution in [0.4, 0.5) is 19.0 Å². The summed E-state index contributed by atoms with van der Waals surface area (Å²) in [4.78, 5) is 8.71. The SMILES string of the molecule is CNc1nc(-c2cc(F)c(F)c(F)c2)nc2c1CCCC2. The fraction of sp³-hybridized carbons (Fsp3) is 0.333. The molecule has 0 saturated heterocycles. The van der Waals surface area contributed by atoms with Crippen molar-refractivity contribution in [2.45, 2.75) is 25.7 Å². The summed E-state index contributed by atoms with van der Waals surface area (Å²) in [5, 5.41) is 2.99. The van der Waals surface area contributed by atoms with Crippen LogP contribution < -0.4 is 5.32 Å². The quantitative estimate of drug-likeness (QED) is 0.861. The molecule has 0 atom stereocenters. The van der Waals surface area contributed by atoms with Crippen molar-refractivity contribution in [2.75, 3.05) is 12.4 Å². The lowest BCUT2D eigenvalue weighted by Gasteiger charge is -2.18. The van der Waals surface area contributed by atoms with Crippen LogP contribution in [0.3, 0.4) is 0 Å². The van der Waals surface area contributed by atoms with Crippen LogP contribution in [0.5, 0.6) is 0 Å². The molecule has 3 rings (SSSR count). The Bertz CT molecular complexity index is 661. The van der Waals surface area contributed by atoms with Gasteiger partial charge in [-0.05, 0) is 37.8 Å². The molecule has 1 N–H and O–H groups in total. The highest BCUT2D eigenvalue weighted by molar-refractivity contribution is 5.60. The molecule has 2 aromatic rings. The molecule has 0 unspecified atom stereocenters. The van der Waals surface area contributed by atoms with Gasteiger partial charge in [-0.1, -0.05) is 0 Å². The molecular formula is C15H14F3N3. The molecule has 1 aromatic carbocycles. The molecular weight excluding hydrogens is 279 g/mol. The fourth-order valence-electron chi connectivity index (χ4n) is 2.61. The third-order valence-electron chi connectivity index (χ3n) is 3.66. The molecule has 21 heavy (non-hydrogen) atoms. The van der Waals surface area contributed by atoms with Crippen molar-refractivity contribution in [1.29, 1.82) is 0 Å². The Balaban J connectivity index is 2.15. The zero-order chi connectivity index (χ0) is 15.0. The molecule has 0 spiro atoms. The Morgan fingerprint density at radius 3 is 2.33 bits per heavy atom. The second-order valence-electron chi connectivity index (χ2n) is 5.03. The number of aromatic nitrogens is 2. The van der Waals surface area contributed by atoms with Crippen molar-refractivity contribution in [3.05, 3.63) is 40.8 Å². The fourth-order valence-corrected chi connectivity index (χ4v) is 2.61. The van der Waals surface area contributed by atoms with Gasteiger partial charge >= 0.3 is 0 Å². The standard InChI is InChI=1S/C15H14F3N3/c1-19-15-9-4-2-3-5-12(9)20-14(21-15)8-6-10(16)13(18)11(17)7-8/h6-7H,2-5H2,1H3,(H,19,20,21). The summed E-state index contributed by atoms with van der Waals surface area (Å²) in [6.07, 6.45) is 3.80. The smallest absolute Gasteiger partial charge is 0.194 e. The molecule has 1 heterocycles. The summed E-state index contributed by atoms with van der Waals surface area (Å²) in [5.74, 6) is -3.09. The zero-order valence-corrected chi connectivity index (χ0v) is 11.5. The highest BCUT2D eigenvalue weighted by Gasteiger charge is 2.19. The number of hydrogen-bond acceptors (Lipinski definition) is 3. The van der Waals surface area contributed by atoms with E-state index < -0.39 is 17.5 Å². The van der Waals surface area contributed by atoms with Crippen molar-refractivity contribution in [3.63, 3.8) is 0 Å². The Kier molecular flexibility index (Phi) is 3.53. The van der Waals surface area contributed by atoms with Gasteiger partial charge in [0.2, 0.25) is 0 Å². The lowest BCUT2D eigenvalue weighted by Crippen LogP contribution is -2.12. The molecule has 6 heteroatoms. The molecule has 0 fully saturated rings. The van der Waals surface area contributed by atoms with E-state index in [2.05, 4.69) is 15.3 Å². The predicted molar refractivity (Wildman–Crippen MR) is 73.5 cm³/mol. The highest BCUT2D eigenvalue weighted by atomic mass is 19.2. The number of aryl methyl sites for hydroxylation is 1. The number of anilines is 1. The largest absolute Gasteiger partial charge is 0.373 e. The minimum atomic E-state index is -1.48. The highest BCUT2D eigenvalue weighted by Crippen LogP contribution is 2.29. The van der Waals surface area contributed by atoms with E-state index in [1.54, 1.807) is 7.05 Å². The van der Waals surface area contributed by atoms with Gasteiger partial charge in [0.1, 0.15) is 5.82 Å². The van der Waals surface area contributed by atoms with Crippen LogP contribution in [-0.2, 0) is 12.8 Å². The molecule has 0 radical (unpaired) electrons. The summed E-state index contributed by atoms with van der Waals surface area (Å²) in [7, 11) is 1.74. The number of rotatable bonds is 2. The van der Waals surface area contributed by atoms with Crippen molar-refractivity contribution in [1.82, 2.24) is 9.97 Å². The van der Waals surface area contributed by atoms with Crippen molar-refractivity contribution >= 4 is 5.82 Å². The third-order valence-corrected chi connectivity index (χ3v) is 3.66. The second kappa shape index (κ2) is 5.35. The summed E-state index contributed by atoms with van der Waals surface area (Å²) in [5.41, 5.74) is 2.08. The Labute approximate surface area is 120 Å². The first-order valence-electron chi connectivity index (χ1n) is 6.82. The van der Waals surface area contributed by atoms with Crippen LogP contribution in [0.1, 0.15) is 24.1 Å². The minimum absolute atomic E-state index is 0.135. The van der Waals surface area contributed by atoms with Crippen molar-refractivity contribution in [3.8, 4) is 11.4 Å². The average Bonchev–Trinajstić information content (AvgIpc) is 2.51. The predicted octanol–water partition coefficient (Wildman–Crippen LogP) is 3.48. The molecule has 0 amide bonds. The monoisotopic (exact) mass is 293 g/mol. The van der Waals surface area contributed by atoms with E-state index in [9.17, 15) is 13.2 Å². The molecule has 110 valence electrons. The van der Waals surface area contributed by atoms with E-state index in [4.69, 9.17) is 0 Å². The number of hydrogen-bond donors (Lipinski definition) is 1. The van der Waals surface area contributed by atoms with Crippen LogP contribution in [0.2, 0.25) is 0 Å². The van der Waals surface area contributed by atoms with E-state index >= 15 is 0 Å². The number of nitrogens with zero attached hydrogens (tertiary/aromatic N) is 2. The van der Waals surface area contributed by atoms with Gasteiger partial charge < -0.3 is 5.32 Å². The molecule has 1 aliphatic carbocycles. The Hall–Kier alpha value is -2.11. The van der Waals surface area contributed by atoms with Crippen LogP contribution in [0.15, 0.2) is 12.1 Å². The second-order valence-corrected chi connectivity index (χ2v) is 5.03. The molecule has 1 aliphatic rings. The number of benzene rings is 1. The van der Waals surface area contributed by atoms with E-state index in [-0.39, 0.29) is 11.4 Å². The number of fused-ring (bicyclic) bond motifs is 1. The number of nitrogens with one attached hydrogen (secondary N) is 1. The minimum Gasteiger partial charge on any atom is -0.373 e. The van der Waals surface area contributed by atoms with Crippen molar-refractivity contribution in [2.24, 2.45) is 0 Å². The molecule has 0 bridgehead atoms. The van der Waals surface area contributed by atoms with Gasteiger partial charge in [-0.25, -0.2) is 23.1 Å². The first-order chi connectivity index (χ1) is 10.1. The molecule has 0 aliphatic heterocycles. The lowest BCUT2D eigenvalue weighted by atomic mass is 9.96. The molecule has 1 aromatic heterocycles. The van der Waals surface area contributed by atoms with Gasteiger partial charge in [0.05, 0.1) is 0 Å². The van der Waals surface area contributed by atoms with Gasteiger partial charge in [0, 0.05) is 23.9 Å². The van der Waals surface area contributed by atoms with E-state index in [0.717, 1.165) is 49.1 Å². The summed E-state index contributed by atoms with van der Waals surface area (Å²) >= 11 is 0. The van der Waals surface area contributed by atoms with E-state index in [0.29, 0.717) is 5.82 Å². The van der Waals surface area contributed by atoms with Gasteiger partial charge in [-0.2, -0.15) is 0 Å². The number of halogens is 3. The maximum Gasteiger partial charge on any atom is 0.194 e. The summed E-state index contributed by atoms with van der Waals surface area (Å²) in [6, 6.07) is 1.84. The van der Waals surface area contributed by atoms with Crippen LogP contribution >= 0.6 is 0 Å².